The van der Waals surface area contributed by atoms with Crippen molar-refractivity contribution in [3.8, 4) is 0 Å². The van der Waals surface area contributed by atoms with Crippen molar-refractivity contribution in [1.29, 1.82) is 0 Å². The fraction of sp³-hybridized carbons (Fsp3) is 0.909. The molecule has 77 valence electrons. The van der Waals surface area contributed by atoms with Gasteiger partial charge in [0, 0.05) is 12.5 Å². The lowest BCUT2D eigenvalue weighted by atomic mass is 10.1. The first-order chi connectivity index (χ1) is 6.29. The lowest BCUT2D eigenvalue weighted by molar-refractivity contribution is 0.194. The van der Waals surface area contributed by atoms with Gasteiger partial charge < -0.3 is 0 Å². The van der Waals surface area contributed by atoms with Gasteiger partial charge in [0.05, 0.1) is 0 Å². The van der Waals surface area contributed by atoms with Gasteiger partial charge in [-0.25, -0.2) is 0 Å². The van der Waals surface area contributed by atoms with E-state index in [-0.39, 0.29) is 0 Å². The summed E-state index contributed by atoms with van der Waals surface area (Å²) in [6, 6.07) is 0.414. The Morgan fingerprint density at radius 2 is 1.69 bits per heavy atom. The number of hydrogen-bond donors (Lipinski definition) is 0. The van der Waals surface area contributed by atoms with Gasteiger partial charge in [-0.3, -0.25) is 9.69 Å². The lowest BCUT2D eigenvalue weighted by Crippen LogP contribution is -2.36. The Balaban J connectivity index is 4.02. The standard InChI is InChI=1S/C11H22NO/c1-4-8-12(9-5-2)11(6-3)7-10-13/h11H,4-9H2,1-3H3. The molecule has 0 aliphatic heterocycles. The van der Waals surface area contributed by atoms with Gasteiger partial charge in [-0.2, -0.15) is 0 Å². The molecular weight excluding hydrogens is 162 g/mol. The molecule has 0 aromatic carbocycles. The van der Waals surface area contributed by atoms with Gasteiger partial charge in [0.25, 0.3) is 0 Å². The Hall–Kier alpha value is -0.370. The van der Waals surface area contributed by atoms with E-state index in [1.54, 1.807) is 0 Å². The van der Waals surface area contributed by atoms with Gasteiger partial charge in [0.15, 0.2) is 6.29 Å². The number of nitrogens with zero attached hydrogens (tertiary/aromatic N) is 1. The monoisotopic (exact) mass is 184 g/mol. The average Bonchev–Trinajstić information content (AvgIpc) is 2.14. The van der Waals surface area contributed by atoms with Crippen LogP contribution in [-0.2, 0) is 4.79 Å². The third kappa shape index (κ3) is 5.04. The van der Waals surface area contributed by atoms with E-state index in [0.29, 0.717) is 12.5 Å². The fourth-order valence-corrected chi connectivity index (χ4v) is 1.68. The minimum Gasteiger partial charge on any atom is -0.300 e. The third-order valence-corrected chi connectivity index (χ3v) is 2.33. The van der Waals surface area contributed by atoms with Crippen molar-refractivity contribution in [3.05, 3.63) is 0 Å². The molecule has 0 aromatic rings. The Kier molecular flexibility index (Phi) is 8.00. The van der Waals surface area contributed by atoms with Crippen LogP contribution in [0.25, 0.3) is 0 Å². The molecule has 13 heavy (non-hydrogen) atoms. The van der Waals surface area contributed by atoms with Crippen LogP contribution < -0.4 is 0 Å². The van der Waals surface area contributed by atoms with E-state index < -0.39 is 0 Å². The van der Waals surface area contributed by atoms with Crippen LogP contribution >= 0.6 is 0 Å². The summed E-state index contributed by atoms with van der Waals surface area (Å²) in [5.74, 6) is 0. The maximum atomic E-state index is 10.3. The molecule has 2 nitrogen and oxygen atoms in total. The first kappa shape index (κ1) is 12.6. The van der Waals surface area contributed by atoms with Crippen LogP contribution in [0.4, 0.5) is 0 Å². The predicted molar refractivity (Wildman–Crippen MR) is 56.5 cm³/mol. The summed E-state index contributed by atoms with van der Waals surface area (Å²) in [5, 5.41) is 0. The van der Waals surface area contributed by atoms with Crippen LogP contribution in [0.1, 0.15) is 46.5 Å². The minimum absolute atomic E-state index is 0.414. The topological polar surface area (TPSA) is 20.3 Å². The van der Waals surface area contributed by atoms with Crippen LogP contribution in [0.3, 0.4) is 0 Å². The van der Waals surface area contributed by atoms with E-state index >= 15 is 0 Å². The second-order valence-corrected chi connectivity index (χ2v) is 3.45. The Bertz CT molecular complexity index is 119. The Labute approximate surface area is 82.3 Å². The molecule has 0 fully saturated rings. The summed E-state index contributed by atoms with van der Waals surface area (Å²) < 4.78 is 0. The molecule has 2 heteroatoms. The van der Waals surface area contributed by atoms with Crippen molar-refractivity contribution in [2.75, 3.05) is 13.1 Å². The third-order valence-electron chi connectivity index (χ3n) is 2.33. The van der Waals surface area contributed by atoms with Crippen molar-refractivity contribution in [1.82, 2.24) is 4.90 Å². The lowest BCUT2D eigenvalue weighted by Gasteiger charge is -2.28. The molecule has 0 bridgehead atoms. The molecule has 0 aromatic heterocycles. The largest absolute Gasteiger partial charge is 0.300 e. The summed E-state index contributed by atoms with van der Waals surface area (Å²) in [7, 11) is 0. The molecule has 0 amide bonds. The molecule has 0 aliphatic rings. The Morgan fingerprint density at radius 1 is 1.15 bits per heavy atom. The van der Waals surface area contributed by atoms with Gasteiger partial charge in [-0.15, -0.1) is 0 Å². The molecule has 0 aliphatic carbocycles. The van der Waals surface area contributed by atoms with Crippen molar-refractivity contribution >= 4 is 6.29 Å². The van der Waals surface area contributed by atoms with Crippen molar-refractivity contribution in [3.63, 3.8) is 0 Å². The predicted octanol–water partition coefficient (Wildman–Crippen LogP) is 2.39. The first-order valence-electron chi connectivity index (χ1n) is 5.39. The summed E-state index contributed by atoms with van der Waals surface area (Å²) in [5.41, 5.74) is 0. The van der Waals surface area contributed by atoms with Crippen LogP contribution in [0.2, 0.25) is 0 Å². The van der Waals surface area contributed by atoms with Crippen molar-refractivity contribution in [2.24, 2.45) is 0 Å². The average molecular weight is 184 g/mol. The molecule has 0 rings (SSSR count). The fourth-order valence-electron chi connectivity index (χ4n) is 1.68. The molecule has 1 radical (unpaired) electrons. The van der Waals surface area contributed by atoms with Crippen LogP contribution in [-0.4, -0.2) is 30.3 Å². The van der Waals surface area contributed by atoms with E-state index in [4.69, 9.17) is 0 Å². The highest BCUT2D eigenvalue weighted by Crippen LogP contribution is 2.08. The van der Waals surface area contributed by atoms with Gasteiger partial charge in [0.1, 0.15) is 0 Å². The van der Waals surface area contributed by atoms with Crippen LogP contribution in [0, 0.1) is 0 Å². The molecular formula is C11H22NO. The second kappa shape index (κ2) is 8.24. The maximum absolute atomic E-state index is 10.3. The van der Waals surface area contributed by atoms with Gasteiger partial charge in [-0.1, -0.05) is 20.8 Å². The maximum Gasteiger partial charge on any atom is 0.200 e. The van der Waals surface area contributed by atoms with Crippen molar-refractivity contribution < 1.29 is 4.79 Å². The first-order valence-corrected chi connectivity index (χ1v) is 5.39. The highest BCUT2D eigenvalue weighted by atomic mass is 16.1. The molecule has 0 N–H and O–H groups in total. The SMILES string of the molecule is CCCN(CCC)C(CC)C[C]=O. The number of rotatable bonds is 8. The van der Waals surface area contributed by atoms with Gasteiger partial charge in [-0.05, 0) is 32.4 Å². The molecule has 1 unspecified atom stereocenters. The zero-order chi connectivity index (χ0) is 10.1. The number of hydrogen-bond acceptors (Lipinski definition) is 2. The molecule has 0 heterocycles. The Morgan fingerprint density at radius 3 is 2.00 bits per heavy atom. The van der Waals surface area contributed by atoms with E-state index in [1.807, 2.05) is 6.29 Å². The summed E-state index contributed by atoms with van der Waals surface area (Å²) in [6.45, 7) is 8.71. The smallest absolute Gasteiger partial charge is 0.200 e. The van der Waals surface area contributed by atoms with Crippen molar-refractivity contribution in [2.45, 2.75) is 52.5 Å². The van der Waals surface area contributed by atoms with Crippen LogP contribution in [0.15, 0.2) is 0 Å². The normalized spacial score (nSPS) is 13.2. The molecule has 0 spiro atoms. The van der Waals surface area contributed by atoms with E-state index in [0.717, 1.165) is 32.4 Å². The van der Waals surface area contributed by atoms with Gasteiger partial charge >= 0.3 is 0 Å². The zero-order valence-electron chi connectivity index (χ0n) is 9.18. The van der Waals surface area contributed by atoms with Gasteiger partial charge in [0.2, 0.25) is 0 Å². The summed E-state index contributed by atoms with van der Waals surface area (Å²) in [6.07, 6.45) is 5.97. The zero-order valence-corrected chi connectivity index (χ0v) is 9.18. The summed E-state index contributed by atoms with van der Waals surface area (Å²) in [4.78, 5) is 12.7. The second-order valence-electron chi connectivity index (χ2n) is 3.45. The van der Waals surface area contributed by atoms with Crippen LogP contribution in [0.5, 0.6) is 0 Å². The highest BCUT2D eigenvalue weighted by Gasteiger charge is 2.14. The van der Waals surface area contributed by atoms with E-state index in [1.165, 1.54) is 0 Å². The summed E-state index contributed by atoms with van der Waals surface area (Å²) >= 11 is 0. The number of carbonyl (C=O) groups excluding carboxylic acids is 1. The molecule has 1 atom stereocenters. The minimum atomic E-state index is 0.414. The molecule has 0 saturated carbocycles. The van der Waals surface area contributed by atoms with E-state index in [9.17, 15) is 4.79 Å². The quantitative estimate of drug-likeness (QED) is 0.577. The highest BCUT2D eigenvalue weighted by molar-refractivity contribution is 5.51. The van der Waals surface area contributed by atoms with E-state index in [2.05, 4.69) is 25.7 Å². The molecule has 0 saturated heterocycles.